The van der Waals surface area contributed by atoms with Gasteiger partial charge in [-0.15, -0.1) is 11.3 Å². The van der Waals surface area contributed by atoms with Crippen LogP contribution in [-0.2, 0) is 9.53 Å². The molecule has 3 fully saturated rings. The molecule has 15 heteroatoms. The van der Waals surface area contributed by atoms with Crippen molar-refractivity contribution in [1.82, 2.24) is 24.8 Å². The molecule has 0 bridgehead atoms. The zero-order chi connectivity index (χ0) is 33.7. The van der Waals surface area contributed by atoms with Gasteiger partial charge in [0.1, 0.15) is 41.3 Å². The lowest BCUT2D eigenvalue weighted by atomic mass is 9.95. The molecule has 1 amide bonds. The summed E-state index contributed by atoms with van der Waals surface area (Å²) in [5.74, 6) is -0.632. The van der Waals surface area contributed by atoms with Crippen molar-refractivity contribution in [2.24, 2.45) is 0 Å². The second-order valence-corrected chi connectivity index (χ2v) is 13.7. The molecule has 3 aliphatic heterocycles. The van der Waals surface area contributed by atoms with E-state index in [-0.39, 0.29) is 62.5 Å². The van der Waals surface area contributed by atoms with Gasteiger partial charge in [-0.1, -0.05) is 18.2 Å². The first-order valence-electron chi connectivity index (χ1n) is 15.6. The molecule has 11 nitrogen and oxygen atoms in total. The van der Waals surface area contributed by atoms with Crippen LogP contribution < -0.4 is 15.2 Å². The first kappa shape index (κ1) is 32.4. The summed E-state index contributed by atoms with van der Waals surface area (Å²) in [7, 11) is 1.55. The average Bonchev–Trinajstić information content (AvgIpc) is 3.82. The van der Waals surface area contributed by atoms with Crippen LogP contribution in [0, 0.1) is 17.1 Å². The molecule has 4 atom stereocenters. The van der Waals surface area contributed by atoms with E-state index in [0.717, 1.165) is 30.7 Å². The second kappa shape index (κ2) is 12.7. The molecule has 250 valence electrons. The Morgan fingerprint density at radius 3 is 2.96 bits per heavy atom. The highest BCUT2D eigenvalue weighted by Gasteiger charge is 2.49. The van der Waals surface area contributed by atoms with Gasteiger partial charge < -0.3 is 24.8 Å². The fourth-order valence-electron chi connectivity index (χ4n) is 7.36. The van der Waals surface area contributed by atoms with Crippen LogP contribution in [0.3, 0.4) is 0 Å². The molecule has 48 heavy (non-hydrogen) atoms. The first-order valence-corrected chi connectivity index (χ1v) is 16.7. The van der Waals surface area contributed by atoms with Crippen LogP contribution >= 0.6 is 22.9 Å². The van der Waals surface area contributed by atoms with Crippen molar-refractivity contribution in [3.63, 3.8) is 0 Å². The fraction of sp³-hybridized carbons (Fsp3) is 0.424. The molecule has 0 spiro atoms. The third-order valence-electron chi connectivity index (χ3n) is 9.59. The largest absolute Gasteiger partial charge is 0.471 e. The van der Waals surface area contributed by atoms with E-state index in [1.54, 1.807) is 12.0 Å². The van der Waals surface area contributed by atoms with Crippen LogP contribution in [0.4, 0.5) is 13.8 Å². The molecule has 0 saturated carbocycles. The van der Waals surface area contributed by atoms with Crippen molar-refractivity contribution in [3.05, 3.63) is 47.4 Å². The summed E-state index contributed by atoms with van der Waals surface area (Å²) in [4.78, 5) is 30.3. The van der Waals surface area contributed by atoms with E-state index in [0.29, 0.717) is 42.3 Å². The van der Waals surface area contributed by atoms with Crippen molar-refractivity contribution >= 4 is 54.8 Å². The maximum atomic E-state index is 14.9. The summed E-state index contributed by atoms with van der Waals surface area (Å²) < 4.78 is 47.7. The number of methoxy groups -OCH3 is 1. The number of carbonyl (C=O) groups is 1. The van der Waals surface area contributed by atoms with Crippen LogP contribution in [-0.4, -0.2) is 94.5 Å². The van der Waals surface area contributed by atoms with E-state index in [1.807, 2.05) is 0 Å². The van der Waals surface area contributed by atoms with Crippen LogP contribution in [0.2, 0.25) is 5.02 Å². The molecule has 3 saturated heterocycles. The number of nitriles is 1. The van der Waals surface area contributed by atoms with Crippen molar-refractivity contribution < 1.29 is 27.8 Å². The van der Waals surface area contributed by atoms with E-state index < -0.39 is 29.7 Å². The molecule has 4 aromatic rings. The molecule has 3 aromatic heterocycles. The number of amides is 1. The summed E-state index contributed by atoms with van der Waals surface area (Å²) in [6.45, 7) is 5.59. The maximum Gasteiger partial charge on any atom is 0.320 e. The molecule has 6 heterocycles. The molecule has 1 aromatic carbocycles. The fourth-order valence-corrected chi connectivity index (χ4v) is 8.61. The Hall–Kier alpha value is -4.16. The molecular formula is C33H32ClF2N7O4S. The van der Waals surface area contributed by atoms with Gasteiger partial charge in [0.05, 0.1) is 44.6 Å². The standard InChI is InChI=1S/C33H32ClF2N7O4S/c1-3-24(44)43-10-7-23(22(43)15-45-2)47-31-20-13-39-27(18-5-6-21(36)29-25(18)19(12-37)30(38)48-29)26(34)28(20)40-32(41-31)46-16-33-8-4-9-42(33)14-17(35)11-33/h3,5-6,13,17,22-23H,1,4,7-11,14-16,38H2,2H3/t17-,22+,23-,33+/m1/s1. The normalized spacial score (nSPS) is 23.9. The predicted octanol–water partition coefficient (Wildman–Crippen LogP) is 5.29. The minimum absolute atomic E-state index is 0.0258. The summed E-state index contributed by atoms with van der Waals surface area (Å²) >= 11 is 8.04. The van der Waals surface area contributed by atoms with Gasteiger partial charge in [-0.25, -0.2) is 8.78 Å². The Bertz CT molecular complexity index is 1990. The lowest BCUT2D eigenvalue weighted by molar-refractivity contribution is -0.128. The van der Waals surface area contributed by atoms with Gasteiger partial charge in [-0.05, 0) is 37.6 Å². The number of halogens is 3. The average molecular weight is 696 g/mol. The lowest BCUT2D eigenvalue weighted by Crippen LogP contribution is -2.44. The Morgan fingerprint density at radius 1 is 1.35 bits per heavy atom. The van der Waals surface area contributed by atoms with Crippen molar-refractivity contribution in [2.45, 2.75) is 49.5 Å². The first-order chi connectivity index (χ1) is 23.2. The summed E-state index contributed by atoms with van der Waals surface area (Å²) in [5.41, 5.74) is 6.65. The molecule has 0 aliphatic carbocycles. The number of ether oxygens (including phenoxy) is 3. The summed E-state index contributed by atoms with van der Waals surface area (Å²) in [6.07, 6.45) is 3.90. The van der Waals surface area contributed by atoms with E-state index in [1.165, 1.54) is 24.4 Å². The highest BCUT2D eigenvalue weighted by molar-refractivity contribution is 7.23. The van der Waals surface area contributed by atoms with Gasteiger partial charge in [-0.2, -0.15) is 15.2 Å². The van der Waals surface area contributed by atoms with Crippen molar-refractivity contribution in [3.8, 4) is 29.2 Å². The van der Waals surface area contributed by atoms with Crippen molar-refractivity contribution in [1.29, 1.82) is 5.26 Å². The van der Waals surface area contributed by atoms with Crippen LogP contribution in [0.1, 0.15) is 31.2 Å². The maximum absolute atomic E-state index is 14.9. The number of rotatable bonds is 9. The zero-order valence-corrected chi connectivity index (χ0v) is 27.6. The van der Waals surface area contributed by atoms with Crippen molar-refractivity contribution in [2.75, 3.05) is 45.7 Å². The highest BCUT2D eigenvalue weighted by atomic mass is 35.5. The Labute approximate surface area is 283 Å². The molecule has 3 aliphatic rings. The quantitative estimate of drug-likeness (QED) is 0.230. The van der Waals surface area contributed by atoms with E-state index in [9.17, 15) is 18.8 Å². The van der Waals surface area contributed by atoms with E-state index in [4.69, 9.17) is 31.5 Å². The van der Waals surface area contributed by atoms with Gasteiger partial charge in [-0.3, -0.25) is 14.7 Å². The number of pyridine rings is 1. The predicted molar refractivity (Wildman–Crippen MR) is 177 cm³/mol. The number of fused-ring (bicyclic) bond motifs is 3. The van der Waals surface area contributed by atoms with Crippen LogP contribution in [0.25, 0.3) is 32.2 Å². The zero-order valence-electron chi connectivity index (χ0n) is 26.0. The van der Waals surface area contributed by atoms with E-state index in [2.05, 4.69) is 32.5 Å². The molecule has 0 unspecified atom stereocenters. The number of carbonyl (C=O) groups excluding carboxylic acids is 1. The topological polar surface area (TPSA) is 140 Å². The third kappa shape index (κ3) is 5.38. The van der Waals surface area contributed by atoms with Gasteiger partial charge in [0, 0.05) is 50.2 Å². The lowest BCUT2D eigenvalue weighted by Gasteiger charge is -2.31. The Morgan fingerprint density at radius 2 is 2.19 bits per heavy atom. The second-order valence-electron chi connectivity index (χ2n) is 12.3. The molecular weight excluding hydrogens is 664 g/mol. The number of nitrogens with two attached hydrogens (primary N) is 1. The smallest absolute Gasteiger partial charge is 0.320 e. The number of likely N-dealkylation sites (tertiary alicyclic amines) is 1. The number of hydrogen-bond donors (Lipinski definition) is 1. The van der Waals surface area contributed by atoms with Gasteiger partial charge in [0.2, 0.25) is 11.8 Å². The van der Waals surface area contributed by atoms with Crippen LogP contribution in [0.5, 0.6) is 11.9 Å². The number of anilines is 1. The summed E-state index contributed by atoms with van der Waals surface area (Å²) in [5, 5.41) is 10.8. The molecule has 7 rings (SSSR count). The Kier molecular flexibility index (Phi) is 8.57. The Balaban J connectivity index is 1.33. The monoisotopic (exact) mass is 695 g/mol. The number of alkyl halides is 1. The van der Waals surface area contributed by atoms with Crippen LogP contribution in [0.15, 0.2) is 31.0 Å². The summed E-state index contributed by atoms with van der Waals surface area (Å²) in [6, 6.07) is 4.40. The SMILES string of the molecule is C=CC(=O)N1CC[C@@H](Oc2nc(OC[C@@]34CCCN3C[C@H](F)C4)nc3c(Cl)c(-c4ccc(F)c5sc(N)c(C#N)c45)ncc23)[C@@H]1COC. The van der Waals surface area contributed by atoms with Gasteiger partial charge >= 0.3 is 6.01 Å². The van der Waals surface area contributed by atoms with E-state index >= 15 is 0 Å². The number of hydrogen-bond acceptors (Lipinski definition) is 11. The van der Waals surface area contributed by atoms with Gasteiger partial charge in [0.15, 0.2) is 0 Å². The number of nitrogens with zero attached hydrogens (tertiary/aromatic N) is 6. The minimum atomic E-state index is -0.938. The minimum Gasteiger partial charge on any atom is -0.471 e. The molecule has 0 radical (unpaired) electrons. The van der Waals surface area contributed by atoms with Gasteiger partial charge in [0.25, 0.3) is 0 Å². The number of nitrogen functional groups attached to an aromatic ring is 1. The third-order valence-corrected chi connectivity index (χ3v) is 11.0. The number of thiophene rings is 1. The highest BCUT2D eigenvalue weighted by Crippen LogP contribution is 2.45. The molecule has 2 N–H and O–H groups in total. The number of aromatic nitrogens is 3. The number of benzene rings is 1.